The fourth-order valence-electron chi connectivity index (χ4n) is 3.58. The Labute approximate surface area is 173 Å². The second-order valence-electron chi connectivity index (χ2n) is 7.06. The molecule has 0 spiro atoms. The number of hydrazone groups is 1. The molecule has 6 nitrogen and oxygen atoms in total. The number of hydrogen-bond donors (Lipinski definition) is 2. The van der Waals surface area contributed by atoms with Crippen molar-refractivity contribution < 1.29 is 4.79 Å². The summed E-state index contributed by atoms with van der Waals surface area (Å²) in [4.78, 5) is 12.9. The molecule has 0 aromatic heterocycles. The number of amides is 2. The number of nitrogens with zero attached hydrogens (tertiary/aromatic N) is 3. The van der Waals surface area contributed by atoms with Gasteiger partial charge in [-0.2, -0.15) is 5.10 Å². The molecule has 146 valence electrons. The van der Waals surface area contributed by atoms with E-state index in [4.69, 9.17) is 28.9 Å². The first-order chi connectivity index (χ1) is 13.4. The minimum atomic E-state index is -0.287. The maximum atomic E-state index is 12.9. The molecule has 2 aromatic carbocycles. The fourth-order valence-corrected chi connectivity index (χ4v) is 3.92. The van der Waals surface area contributed by atoms with E-state index < -0.39 is 0 Å². The SMILES string of the molecule is CC1c2cc(Cl)c(Cl)cc2C(c2ccc(N)cc2)=NN1C(=O)NN1CCCC1. The van der Waals surface area contributed by atoms with Gasteiger partial charge in [0.2, 0.25) is 0 Å². The van der Waals surface area contributed by atoms with Crippen LogP contribution in [-0.4, -0.2) is 34.9 Å². The summed E-state index contributed by atoms with van der Waals surface area (Å²) in [6.07, 6.45) is 2.15. The number of nitrogen functional groups attached to an aromatic ring is 1. The number of fused-ring (bicyclic) bond motifs is 1. The largest absolute Gasteiger partial charge is 0.399 e. The Morgan fingerprint density at radius 1 is 1.14 bits per heavy atom. The van der Waals surface area contributed by atoms with Crippen molar-refractivity contribution in [3.8, 4) is 0 Å². The van der Waals surface area contributed by atoms with Gasteiger partial charge >= 0.3 is 6.03 Å². The Morgan fingerprint density at radius 3 is 2.46 bits per heavy atom. The van der Waals surface area contributed by atoms with Crippen LogP contribution in [0, 0.1) is 0 Å². The molecular weight excluding hydrogens is 397 g/mol. The molecule has 0 saturated carbocycles. The molecule has 2 aromatic rings. The molecule has 4 rings (SSSR count). The zero-order chi connectivity index (χ0) is 19.8. The second-order valence-corrected chi connectivity index (χ2v) is 7.87. The number of urea groups is 1. The van der Waals surface area contributed by atoms with E-state index in [0.29, 0.717) is 21.4 Å². The van der Waals surface area contributed by atoms with Crippen LogP contribution in [0.25, 0.3) is 0 Å². The molecule has 2 heterocycles. The van der Waals surface area contributed by atoms with Gasteiger partial charge < -0.3 is 5.73 Å². The molecule has 2 aliphatic rings. The maximum Gasteiger partial charge on any atom is 0.352 e. The fraction of sp³-hybridized carbons (Fsp3) is 0.300. The van der Waals surface area contributed by atoms with Gasteiger partial charge in [0, 0.05) is 29.9 Å². The monoisotopic (exact) mass is 417 g/mol. The van der Waals surface area contributed by atoms with Crippen molar-refractivity contribution in [3.05, 3.63) is 63.1 Å². The van der Waals surface area contributed by atoms with Crippen LogP contribution in [-0.2, 0) is 0 Å². The van der Waals surface area contributed by atoms with Crippen LogP contribution in [0.5, 0.6) is 0 Å². The topological polar surface area (TPSA) is 74.0 Å². The van der Waals surface area contributed by atoms with Crippen LogP contribution < -0.4 is 11.2 Å². The number of nitrogens with two attached hydrogens (primary N) is 1. The summed E-state index contributed by atoms with van der Waals surface area (Å²) < 4.78 is 0. The van der Waals surface area contributed by atoms with Gasteiger partial charge in [-0.3, -0.25) is 5.43 Å². The van der Waals surface area contributed by atoms with Crippen molar-refractivity contribution in [2.75, 3.05) is 18.8 Å². The van der Waals surface area contributed by atoms with Gasteiger partial charge in [-0.1, -0.05) is 35.3 Å². The van der Waals surface area contributed by atoms with Crippen LogP contribution in [0.4, 0.5) is 10.5 Å². The predicted octanol–water partition coefficient (Wildman–Crippen LogP) is 4.43. The normalized spacial score (nSPS) is 19.3. The lowest BCUT2D eigenvalue weighted by molar-refractivity contribution is 0.146. The van der Waals surface area contributed by atoms with E-state index in [1.807, 2.05) is 42.3 Å². The zero-order valence-electron chi connectivity index (χ0n) is 15.5. The highest BCUT2D eigenvalue weighted by Gasteiger charge is 2.32. The number of rotatable bonds is 2. The van der Waals surface area contributed by atoms with Crippen molar-refractivity contribution in [1.29, 1.82) is 0 Å². The summed E-state index contributed by atoms with van der Waals surface area (Å²) in [6, 6.07) is 10.4. The van der Waals surface area contributed by atoms with Gasteiger partial charge in [-0.05, 0) is 49.6 Å². The highest BCUT2D eigenvalue weighted by Crippen LogP contribution is 2.36. The molecule has 1 atom stereocenters. The van der Waals surface area contributed by atoms with Gasteiger partial charge in [-0.25, -0.2) is 14.8 Å². The van der Waals surface area contributed by atoms with E-state index in [1.54, 1.807) is 6.07 Å². The number of benzene rings is 2. The zero-order valence-corrected chi connectivity index (χ0v) is 17.0. The number of hydrogen-bond acceptors (Lipinski definition) is 4. The molecule has 0 bridgehead atoms. The van der Waals surface area contributed by atoms with Crippen LogP contribution in [0.3, 0.4) is 0 Å². The average Bonchev–Trinajstić information content (AvgIpc) is 3.17. The summed E-state index contributed by atoms with van der Waals surface area (Å²) in [6.45, 7) is 3.62. The molecule has 3 N–H and O–H groups in total. The number of anilines is 1. The van der Waals surface area contributed by atoms with E-state index in [2.05, 4.69) is 10.5 Å². The Bertz CT molecular complexity index is 938. The number of carbonyl (C=O) groups excluding carboxylic acids is 1. The lowest BCUT2D eigenvalue weighted by Gasteiger charge is -2.33. The molecule has 1 saturated heterocycles. The summed E-state index contributed by atoms with van der Waals surface area (Å²) in [5.74, 6) is 0. The van der Waals surface area contributed by atoms with Gasteiger partial charge in [0.05, 0.1) is 21.8 Å². The van der Waals surface area contributed by atoms with E-state index in [0.717, 1.165) is 42.6 Å². The van der Waals surface area contributed by atoms with Crippen molar-refractivity contribution in [3.63, 3.8) is 0 Å². The van der Waals surface area contributed by atoms with E-state index in [-0.39, 0.29) is 12.1 Å². The van der Waals surface area contributed by atoms with Gasteiger partial charge in [0.15, 0.2) is 0 Å². The average molecular weight is 418 g/mol. The summed E-state index contributed by atoms with van der Waals surface area (Å²) >= 11 is 12.6. The first-order valence-corrected chi connectivity index (χ1v) is 9.98. The minimum absolute atomic E-state index is 0.265. The molecule has 0 radical (unpaired) electrons. The van der Waals surface area contributed by atoms with Crippen molar-refractivity contribution in [2.45, 2.75) is 25.8 Å². The van der Waals surface area contributed by atoms with Crippen LogP contribution >= 0.6 is 23.2 Å². The number of nitrogens with one attached hydrogen (secondary N) is 1. The lowest BCUT2D eigenvalue weighted by Crippen LogP contribution is -2.48. The van der Waals surface area contributed by atoms with E-state index in [1.165, 1.54) is 5.01 Å². The molecule has 1 unspecified atom stereocenters. The molecule has 28 heavy (non-hydrogen) atoms. The quantitative estimate of drug-likeness (QED) is 0.709. The standard InChI is InChI=1S/C20H21Cl2N5O/c1-12-15-10-17(21)18(22)11-16(15)19(13-4-6-14(23)7-5-13)24-27(12)20(28)25-26-8-2-3-9-26/h4-7,10-12H,2-3,8-9,23H2,1H3,(H,25,28). The van der Waals surface area contributed by atoms with Gasteiger partial charge in [-0.15, -0.1) is 0 Å². The number of hydrazine groups is 1. The molecule has 1 fully saturated rings. The third kappa shape index (κ3) is 3.55. The summed E-state index contributed by atoms with van der Waals surface area (Å²) in [7, 11) is 0. The molecular formula is C20H21Cl2N5O. The molecule has 2 aliphatic heterocycles. The predicted molar refractivity (Wildman–Crippen MR) is 113 cm³/mol. The Hall–Kier alpha value is -2.28. The van der Waals surface area contributed by atoms with Gasteiger partial charge in [0.1, 0.15) is 0 Å². The number of carbonyl (C=O) groups is 1. The van der Waals surface area contributed by atoms with Crippen molar-refractivity contribution in [2.24, 2.45) is 5.10 Å². The summed E-state index contributed by atoms with van der Waals surface area (Å²) in [5, 5.41) is 8.98. The first kappa shape index (κ1) is 19.1. The van der Waals surface area contributed by atoms with Crippen LogP contribution in [0.1, 0.15) is 42.5 Å². The van der Waals surface area contributed by atoms with Crippen LogP contribution in [0.15, 0.2) is 41.5 Å². The second kappa shape index (κ2) is 7.62. The van der Waals surface area contributed by atoms with Crippen LogP contribution in [0.2, 0.25) is 10.0 Å². The Kier molecular flexibility index (Phi) is 5.19. The first-order valence-electron chi connectivity index (χ1n) is 9.22. The Balaban J connectivity index is 1.77. The van der Waals surface area contributed by atoms with Gasteiger partial charge in [0.25, 0.3) is 0 Å². The Morgan fingerprint density at radius 2 is 1.79 bits per heavy atom. The third-order valence-corrected chi connectivity index (χ3v) is 5.85. The molecule has 8 heteroatoms. The van der Waals surface area contributed by atoms with Crippen molar-refractivity contribution in [1.82, 2.24) is 15.4 Å². The molecule has 0 aliphatic carbocycles. The smallest absolute Gasteiger partial charge is 0.352 e. The van der Waals surface area contributed by atoms with Crippen molar-refractivity contribution >= 4 is 40.6 Å². The lowest BCUT2D eigenvalue weighted by atomic mass is 9.92. The highest BCUT2D eigenvalue weighted by molar-refractivity contribution is 6.42. The molecule has 2 amide bonds. The van der Waals surface area contributed by atoms with E-state index >= 15 is 0 Å². The highest BCUT2D eigenvalue weighted by atomic mass is 35.5. The maximum absolute atomic E-state index is 12.9. The number of halogens is 2. The third-order valence-electron chi connectivity index (χ3n) is 5.12. The minimum Gasteiger partial charge on any atom is -0.399 e. The van der Waals surface area contributed by atoms with E-state index in [9.17, 15) is 4.79 Å². The summed E-state index contributed by atoms with van der Waals surface area (Å²) in [5.41, 5.74) is 12.7.